The summed E-state index contributed by atoms with van der Waals surface area (Å²) in [6, 6.07) is 8.30. The molecule has 0 aliphatic heterocycles. The van der Waals surface area contributed by atoms with Gasteiger partial charge in [-0.2, -0.15) is 0 Å². The van der Waals surface area contributed by atoms with Gasteiger partial charge in [0, 0.05) is 0 Å². The van der Waals surface area contributed by atoms with Gasteiger partial charge in [0.05, 0.1) is 9.45 Å². The van der Waals surface area contributed by atoms with Crippen LogP contribution >= 0.6 is 22.6 Å². The summed E-state index contributed by atoms with van der Waals surface area (Å²) in [6.45, 7) is 0. The van der Waals surface area contributed by atoms with Crippen LogP contribution in [0.15, 0.2) is 35.2 Å². The number of sulfonamides is 1. The number of nitrogens with one attached hydrogen (secondary N) is 1. The summed E-state index contributed by atoms with van der Waals surface area (Å²) in [4.78, 5) is 0.307. The van der Waals surface area contributed by atoms with Crippen LogP contribution in [0.1, 0.15) is 0 Å². The predicted molar refractivity (Wildman–Crippen MR) is 55.7 cm³/mol. The predicted octanol–water partition coefficient (Wildman–Crippen LogP) is 1.36. The van der Waals surface area contributed by atoms with E-state index in [9.17, 15) is 8.42 Å². The van der Waals surface area contributed by atoms with Gasteiger partial charge in [0.15, 0.2) is 0 Å². The highest BCUT2D eigenvalue weighted by Crippen LogP contribution is 2.06. The minimum absolute atomic E-state index is 0.307. The third kappa shape index (κ3) is 2.43. The fourth-order valence-electron chi connectivity index (χ4n) is 0.755. The molecule has 1 aromatic rings. The summed E-state index contributed by atoms with van der Waals surface area (Å²) in [6.07, 6.45) is 0. The molecule has 0 aromatic heterocycles. The maximum atomic E-state index is 11.3. The molecule has 1 aromatic carbocycles. The molecule has 0 saturated heterocycles. The summed E-state index contributed by atoms with van der Waals surface area (Å²) in [5.41, 5.74) is 0. The molecule has 0 heterocycles. The van der Waals surface area contributed by atoms with E-state index in [1.807, 2.05) is 22.6 Å². The lowest BCUT2D eigenvalue weighted by molar-refractivity contribution is 0.588. The molecule has 66 valence electrons. The maximum Gasteiger partial charge on any atom is 0.241 e. The Hall–Kier alpha value is -0.140. The molecular weight excluding hydrogens is 289 g/mol. The van der Waals surface area contributed by atoms with E-state index in [-0.39, 0.29) is 0 Å². The monoisotopic (exact) mass is 297 g/mol. The molecule has 12 heavy (non-hydrogen) atoms. The van der Waals surface area contributed by atoms with Crippen molar-refractivity contribution in [3.05, 3.63) is 30.3 Å². The summed E-state index contributed by atoms with van der Waals surface area (Å²) >= 11 is 1.95. The van der Waals surface area contributed by atoms with Crippen molar-refractivity contribution < 1.29 is 8.42 Å². The highest BCUT2D eigenvalue weighted by atomic mass is 127. The zero-order valence-electron chi connectivity index (χ0n) is 6.20. The summed E-state index contributed by atoms with van der Waals surface area (Å²) in [7, 11) is -3.27. The van der Waals surface area contributed by atoms with Crippen LogP contribution in [0.3, 0.4) is 0 Å². The van der Waals surface area contributed by atoms with Crippen LogP contribution in [-0.4, -0.2) is 13.0 Å². The average Bonchev–Trinajstić information content (AvgIpc) is 2.06. The first-order chi connectivity index (χ1) is 5.67. The van der Waals surface area contributed by atoms with Gasteiger partial charge >= 0.3 is 0 Å². The normalized spacial score (nSPS) is 11.4. The van der Waals surface area contributed by atoms with E-state index in [1.54, 1.807) is 30.3 Å². The molecule has 0 atom stereocenters. The minimum atomic E-state index is -3.27. The number of alkyl halides is 1. The zero-order valence-corrected chi connectivity index (χ0v) is 9.17. The molecule has 0 radical (unpaired) electrons. The van der Waals surface area contributed by atoms with Crippen LogP contribution < -0.4 is 4.72 Å². The molecule has 0 aliphatic carbocycles. The second kappa shape index (κ2) is 4.20. The standard InChI is InChI=1S/C7H8INO2S/c8-6-9-12(10,11)7-4-2-1-3-5-7/h1-5,9H,6H2. The van der Waals surface area contributed by atoms with Crippen molar-refractivity contribution in [2.45, 2.75) is 4.90 Å². The van der Waals surface area contributed by atoms with Crippen molar-refractivity contribution in [1.29, 1.82) is 0 Å². The van der Waals surface area contributed by atoms with Gasteiger partial charge in [0.2, 0.25) is 10.0 Å². The fourth-order valence-corrected chi connectivity index (χ4v) is 2.81. The van der Waals surface area contributed by atoms with Crippen LogP contribution in [0, 0.1) is 0 Å². The summed E-state index contributed by atoms with van der Waals surface area (Å²) in [5, 5.41) is 0. The molecule has 0 saturated carbocycles. The van der Waals surface area contributed by atoms with Crippen molar-refractivity contribution in [2.75, 3.05) is 4.55 Å². The van der Waals surface area contributed by atoms with Crippen LogP contribution in [0.25, 0.3) is 0 Å². The van der Waals surface area contributed by atoms with Gasteiger partial charge in [-0.25, -0.2) is 13.1 Å². The second-order valence-corrected chi connectivity index (χ2v) is 4.62. The quantitative estimate of drug-likeness (QED) is 0.520. The van der Waals surface area contributed by atoms with Crippen LogP contribution in [0.4, 0.5) is 0 Å². The smallest absolute Gasteiger partial charge is 0.207 e. The van der Waals surface area contributed by atoms with E-state index in [4.69, 9.17) is 0 Å². The number of rotatable bonds is 3. The lowest BCUT2D eigenvalue weighted by Gasteiger charge is -2.01. The summed E-state index contributed by atoms with van der Waals surface area (Å²) < 4.78 is 25.4. The van der Waals surface area contributed by atoms with E-state index in [0.29, 0.717) is 9.45 Å². The number of halogens is 1. The number of hydrogen-bond acceptors (Lipinski definition) is 2. The number of hydrogen-bond donors (Lipinski definition) is 1. The number of benzene rings is 1. The Labute approximate surface area is 85.4 Å². The molecule has 0 spiro atoms. The minimum Gasteiger partial charge on any atom is -0.207 e. The largest absolute Gasteiger partial charge is 0.241 e. The molecule has 0 aliphatic rings. The average molecular weight is 297 g/mol. The first-order valence-electron chi connectivity index (χ1n) is 3.27. The van der Waals surface area contributed by atoms with Gasteiger partial charge in [-0.15, -0.1) is 0 Å². The Balaban J connectivity index is 2.99. The highest BCUT2D eigenvalue weighted by molar-refractivity contribution is 14.1. The molecule has 3 nitrogen and oxygen atoms in total. The molecule has 0 bridgehead atoms. The van der Waals surface area contributed by atoms with E-state index in [1.165, 1.54) is 0 Å². The third-order valence-electron chi connectivity index (χ3n) is 1.30. The Morgan fingerprint density at radius 3 is 2.33 bits per heavy atom. The van der Waals surface area contributed by atoms with E-state index in [2.05, 4.69) is 4.72 Å². The maximum absolute atomic E-state index is 11.3. The third-order valence-corrected chi connectivity index (χ3v) is 3.61. The zero-order chi connectivity index (χ0) is 9.03. The SMILES string of the molecule is O=S(=O)(NCI)c1ccccc1. The molecule has 0 fully saturated rings. The van der Waals surface area contributed by atoms with Crippen molar-refractivity contribution >= 4 is 32.6 Å². The molecular formula is C7H8INO2S. The Bertz CT molecular complexity index is 336. The fraction of sp³-hybridized carbons (Fsp3) is 0.143. The molecule has 1 rings (SSSR count). The van der Waals surface area contributed by atoms with Crippen LogP contribution in [0.5, 0.6) is 0 Å². The molecule has 0 amide bonds. The van der Waals surface area contributed by atoms with Crippen molar-refractivity contribution in [3.63, 3.8) is 0 Å². The first-order valence-corrected chi connectivity index (χ1v) is 6.28. The molecule has 1 N–H and O–H groups in total. The van der Waals surface area contributed by atoms with Crippen LogP contribution in [0.2, 0.25) is 0 Å². The van der Waals surface area contributed by atoms with Gasteiger partial charge in [0.1, 0.15) is 0 Å². The highest BCUT2D eigenvalue weighted by Gasteiger charge is 2.10. The lowest BCUT2D eigenvalue weighted by atomic mass is 10.4. The Morgan fingerprint density at radius 2 is 1.83 bits per heavy atom. The molecule has 5 heteroatoms. The molecule has 0 unspecified atom stereocenters. The van der Waals surface area contributed by atoms with E-state index >= 15 is 0 Å². The van der Waals surface area contributed by atoms with Gasteiger partial charge in [-0.3, -0.25) is 0 Å². The Morgan fingerprint density at radius 1 is 1.25 bits per heavy atom. The van der Waals surface area contributed by atoms with Gasteiger partial charge < -0.3 is 0 Å². The van der Waals surface area contributed by atoms with Gasteiger partial charge in [0.25, 0.3) is 0 Å². The van der Waals surface area contributed by atoms with Crippen molar-refractivity contribution in [3.8, 4) is 0 Å². The van der Waals surface area contributed by atoms with Gasteiger partial charge in [-0.05, 0) is 12.1 Å². The second-order valence-electron chi connectivity index (χ2n) is 2.09. The van der Waals surface area contributed by atoms with E-state index < -0.39 is 10.0 Å². The van der Waals surface area contributed by atoms with Gasteiger partial charge in [-0.1, -0.05) is 40.8 Å². The lowest BCUT2D eigenvalue weighted by Crippen LogP contribution is -2.21. The van der Waals surface area contributed by atoms with E-state index in [0.717, 1.165) is 0 Å². The topological polar surface area (TPSA) is 46.2 Å². The summed E-state index contributed by atoms with van der Waals surface area (Å²) in [5.74, 6) is 0. The Kier molecular flexibility index (Phi) is 3.48. The van der Waals surface area contributed by atoms with Crippen LogP contribution in [-0.2, 0) is 10.0 Å². The first kappa shape index (κ1) is 9.94. The van der Waals surface area contributed by atoms with Crippen molar-refractivity contribution in [2.24, 2.45) is 0 Å². The van der Waals surface area contributed by atoms with Crippen molar-refractivity contribution in [1.82, 2.24) is 4.72 Å².